The maximum atomic E-state index is 11.9. The van der Waals surface area contributed by atoms with Gasteiger partial charge in [0.15, 0.2) is 0 Å². The average molecular weight is 372 g/mol. The highest BCUT2D eigenvalue weighted by Crippen LogP contribution is 2.16. The van der Waals surface area contributed by atoms with E-state index in [1.807, 2.05) is 0 Å². The molecule has 0 bridgehead atoms. The van der Waals surface area contributed by atoms with Gasteiger partial charge < -0.3 is 19.5 Å². The van der Waals surface area contributed by atoms with E-state index in [-0.39, 0.29) is 19.4 Å². The number of carbonyl (C=O) groups excluding carboxylic acids is 4. The van der Waals surface area contributed by atoms with Gasteiger partial charge in [-0.3, -0.25) is 9.59 Å². The van der Waals surface area contributed by atoms with Gasteiger partial charge in [0.05, 0.1) is 22.3 Å². The fourth-order valence-electron chi connectivity index (χ4n) is 1.59. The van der Waals surface area contributed by atoms with Crippen molar-refractivity contribution >= 4 is 30.0 Å². The molecule has 0 radical (unpaired) electrons. The Morgan fingerprint density at radius 2 is 1.81 bits per heavy atom. The Balaban J connectivity index is 4.74. The van der Waals surface area contributed by atoms with E-state index < -0.39 is 41.6 Å². The number of Topliss-reactive ketones (excluding diaryl/α,β-unsaturated/α-hetero) is 1. The van der Waals surface area contributed by atoms with Crippen LogP contribution in [0.4, 0.5) is 4.79 Å². The minimum Gasteiger partial charge on any atom is -0.464 e. The van der Waals surface area contributed by atoms with E-state index in [1.165, 1.54) is 6.92 Å². The van der Waals surface area contributed by atoms with Crippen LogP contribution in [-0.2, 0) is 28.6 Å². The standard InChI is InChI=1S/C16H25N3O7/c1-6-24-13(21)12(8-7-11(20)9-18-17)19-15(23)26-10(2)25-14(22)16(3,4)5/h9-10,12,17H,6-8H2,1-5H3/p+1/t10?,12-/m0/s1. The van der Waals surface area contributed by atoms with Crippen LogP contribution in [0.25, 0.3) is 0 Å². The number of alkyl carbamates (subject to hydrolysis) is 1. The Labute approximate surface area is 151 Å². The molecule has 0 heterocycles. The maximum absolute atomic E-state index is 11.9. The summed E-state index contributed by atoms with van der Waals surface area (Å²) in [7, 11) is 0. The van der Waals surface area contributed by atoms with Crippen molar-refractivity contribution in [3.05, 3.63) is 0 Å². The first-order valence-electron chi connectivity index (χ1n) is 8.08. The van der Waals surface area contributed by atoms with E-state index in [9.17, 15) is 19.2 Å². The molecule has 0 aliphatic carbocycles. The summed E-state index contributed by atoms with van der Waals surface area (Å²) in [5.41, 5.74) is 5.82. The molecule has 0 aliphatic heterocycles. The van der Waals surface area contributed by atoms with Crippen LogP contribution in [0.5, 0.6) is 0 Å². The normalized spacial score (nSPS) is 12.8. The molecule has 1 amide bonds. The third-order valence-corrected chi connectivity index (χ3v) is 2.91. The molecule has 0 aromatic rings. The third-order valence-electron chi connectivity index (χ3n) is 2.91. The van der Waals surface area contributed by atoms with Crippen molar-refractivity contribution in [1.29, 1.82) is 5.53 Å². The van der Waals surface area contributed by atoms with Gasteiger partial charge in [-0.05, 0) is 34.1 Å². The summed E-state index contributed by atoms with van der Waals surface area (Å²) >= 11 is 0. The molecule has 0 aromatic carbocycles. The molecule has 146 valence electrons. The summed E-state index contributed by atoms with van der Waals surface area (Å²) in [5, 5.41) is 2.27. The van der Waals surface area contributed by atoms with Gasteiger partial charge in [-0.15, -0.1) is 0 Å². The highest BCUT2D eigenvalue weighted by Gasteiger charge is 2.28. The van der Waals surface area contributed by atoms with Gasteiger partial charge in [-0.2, -0.15) is 0 Å². The number of amides is 1. The predicted molar refractivity (Wildman–Crippen MR) is 88.3 cm³/mol. The lowest BCUT2D eigenvalue weighted by atomic mass is 9.97. The molecule has 0 spiro atoms. The Kier molecular flexibility index (Phi) is 9.83. The minimum absolute atomic E-state index is 0.0606. The number of nitrogens with one attached hydrogen (secondary N) is 2. The molecule has 2 N–H and O–H groups in total. The van der Waals surface area contributed by atoms with Gasteiger partial charge in [0.1, 0.15) is 6.04 Å². The summed E-state index contributed by atoms with van der Waals surface area (Å²) < 4.78 is 14.7. The predicted octanol–water partition coefficient (Wildman–Crippen LogP) is 1.24. The molecule has 0 rings (SSSR count). The molecule has 0 saturated carbocycles. The van der Waals surface area contributed by atoms with E-state index in [4.69, 9.17) is 19.7 Å². The highest BCUT2D eigenvalue weighted by atomic mass is 16.7. The summed E-state index contributed by atoms with van der Waals surface area (Å²) in [6, 6.07) is -1.13. The minimum atomic E-state index is -1.17. The molecule has 2 atom stereocenters. The second-order valence-corrected chi connectivity index (χ2v) is 6.34. The zero-order valence-electron chi connectivity index (χ0n) is 15.7. The molecule has 10 nitrogen and oxygen atoms in total. The largest absolute Gasteiger partial charge is 0.464 e. The Hall–Kier alpha value is -2.74. The number of rotatable bonds is 9. The number of hydrogen-bond acceptors (Lipinski definition) is 8. The number of nitrogens with zero attached hydrogens (tertiary/aromatic N) is 1. The number of ketones is 1. The first-order chi connectivity index (χ1) is 12.0. The molecule has 0 aromatic heterocycles. The van der Waals surface area contributed by atoms with Crippen molar-refractivity contribution in [3.63, 3.8) is 0 Å². The van der Waals surface area contributed by atoms with Gasteiger partial charge in [0.25, 0.3) is 0 Å². The van der Waals surface area contributed by atoms with Crippen LogP contribution in [0.3, 0.4) is 0 Å². The highest BCUT2D eigenvalue weighted by molar-refractivity contribution is 6.25. The van der Waals surface area contributed by atoms with E-state index in [2.05, 4.69) is 10.1 Å². The lowest BCUT2D eigenvalue weighted by Crippen LogP contribution is -2.44. The van der Waals surface area contributed by atoms with E-state index in [1.54, 1.807) is 27.7 Å². The fourth-order valence-corrected chi connectivity index (χ4v) is 1.59. The number of carbonyl (C=O) groups is 4. The van der Waals surface area contributed by atoms with Gasteiger partial charge in [0, 0.05) is 13.3 Å². The smallest absolute Gasteiger partial charge is 0.410 e. The van der Waals surface area contributed by atoms with Crippen LogP contribution in [0.2, 0.25) is 0 Å². The van der Waals surface area contributed by atoms with Crippen molar-refractivity contribution in [1.82, 2.24) is 5.32 Å². The van der Waals surface area contributed by atoms with Gasteiger partial charge in [0.2, 0.25) is 12.1 Å². The maximum Gasteiger partial charge on any atom is 0.410 e. The Bertz CT molecular complexity index is 577. The van der Waals surface area contributed by atoms with Crippen molar-refractivity contribution in [3.8, 4) is 0 Å². The molecule has 0 fully saturated rings. The second kappa shape index (κ2) is 11.0. The fraction of sp³-hybridized carbons (Fsp3) is 0.688. The first kappa shape index (κ1) is 23.3. The van der Waals surface area contributed by atoms with E-state index in [0.717, 1.165) is 6.21 Å². The molecular formula is C16H26N3O7+. The van der Waals surface area contributed by atoms with Crippen molar-refractivity contribution in [2.75, 3.05) is 6.61 Å². The SMILES string of the molecule is CCOC(=O)[C@H](CCC(=O)C=[N+]=N)NC(=O)OC(C)OC(=O)C(C)(C)C. The monoisotopic (exact) mass is 372 g/mol. The first-order valence-corrected chi connectivity index (χ1v) is 8.08. The lowest BCUT2D eigenvalue weighted by molar-refractivity contribution is -0.174. The van der Waals surface area contributed by atoms with Crippen LogP contribution in [0, 0.1) is 10.9 Å². The van der Waals surface area contributed by atoms with Gasteiger partial charge >= 0.3 is 24.2 Å². The van der Waals surface area contributed by atoms with E-state index >= 15 is 0 Å². The average Bonchev–Trinajstić information content (AvgIpc) is 2.50. The topological polar surface area (TPSA) is 146 Å². The number of esters is 2. The molecule has 0 aliphatic rings. The summed E-state index contributed by atoms with van der Waals surface area (Å²) in [5.74, 6) is -1.77. The van der Waals surface area contributed by atoms with Crippen molar-refractivity contribution in [2.24, 2.45) is 5.41 Å². The van der Waals surface area contributed by atoms with Crippen molar-refractivity contribution in [2.45, 2.75) is 59.8 Å². The molecule has 10 heteroatoms. The van der Waals surface area contributed by atoms with Crippen LogP contribution in [-0.4, -0.2) is 53.8 Å². The zero-order valence-corrected chi connectivity index (χ0v) is 15.7. The van der Waals surface area contributed by atoms with Gasteiger partial charge in [-0.1, -0.05) is 0 Å². The van der Waals surface area contributed by atoms with Gasteiger partial charge in [-0.25, -0.2) is 9.59 Å². The Morgan fingerprint density at radius 1 is 1.19 bits per heavy atom. The third kappa shape index (κ3) is 9.53. The van der Waals surface area contributed by atoms with Crippen LogP contribution < -0.4 is 5.32 Å². The van der Waals surface area contributed by atoms with Crippen molar-refractivity contribution < 1.29 is 38.2 Å². The molecular weight excluding hydrogens is 346 g/mol. The van der Waals surface area contributed by atoms with E-state index in [0.29, 0.717) is 0 Å². The number of hydrogen-bond donors (Lipinski definition) is 2. The zero-order chi connectivity index (χ0) is 20.3. The lowest BCUT2D eigenvalue weighted by Gasteiger charge is -2.22. The van der Waals surface area contributed by atoms with Crippen LogP contribution >= 0.6 is 0 Å². The molecule has 0 saturated heterocycles. The van der Waals surface area contributed by atoms with Crippen LogP contribution in [0.15, 0.2) is 0 Å². The number of ether oxygens (including phenoxy) is 3. The summed E-state index contributed by atoms with van der Waals surface area (Å²) in [4.78, 5) is 49.7. The summed E-state index contributed by atoms with van der Waals surface area (Å²) in [6.07, 6.45) is -1.55. The molecule has 1 unspecified atom stereocenters. The second-order valence-electron chi connectivity index (χ2n) is 6.34. The Morgan fingerprint density at radius 3 is 2.31 bits per heavy atom. The summed E-state index contributed by atoms with van der Waals surface area (Å²) in [6.45, 7) is 7.99. The molecule has 26 heavy (non-hydrogen) atoms. The van der Waals surface area contributed by atoms with Crippen LogP contribution in [0.1, 0.15) is 47.5 Å². The quantitative estimate of drug-likeness (QED) is 0.203.